The molecule has 0 atom stereocenters. The van der Waals surface area contributed by atoms with Crippen LogP contribution in [0, 0.1) is 6.92 Å². The number of aryl methyl sites for hydroxylation is 1. The van der Waals surface area contributed by atoms with E-state index in [0.717, 1.165) is 16.7 Å². The van der Waals surface area contributed by atoms with E-state index in [4.69, 9.17) is 9.63 Å². The summed E-state index contributed by atoms with van der Waals surface area (Å²) in [6, 6.07) is 3.69. The van der Waals surface area contributed by atoms with Crippen molar-refractivity contribution >= 4 is 28.8 Å². The maximum Gasteiger partial charge on any atom is 0.313 e. The summed E-state index contributed by atoms with van der Waals surface area (Å²) in [6.45, 7) is 2.30. The average molecular weight is 304 g/mol. The Morgan fingerprint density at radius 1 is 1.52 bits per heavy atom. The molecule has 0 saturated carbocycles. The van der Waals surface area contributed by atoms with Gasteiger partial charge in [-0.1, -0.05) is 16.9 Å². The van der Waals surface area contributed by atoms with Crippen molar-refractivity contribution in [1.82, 2.24) is 19.7 Å². The van der Waals surface area contributed by atoms with Gasteiger partial charge in [0.15, 0.2) is 10.9 Å². The summed E-state index contributed by atoms with van der Waals surface area (Å²) in [5.41, 5.74) is 2.41. The minimum absolute atomic E-state index is 0.0494. The third-order valence-corrected chi connectivity index (χ3v) is 3.79. The van der Waals surface area contributed by atoms with Crippen molar-refractivity contribution in [3.8, 4) is 0 Å². The summed E-state index contributed by atoms with van der Waals surface area (Å²) in [5.74, 6) is -0.236. The van der Waals surface area contributed by atoms with Crippen molar-refractivity contribution in [3.63, 3.8) is 0 Å². The van der Waals surface area contributed by atoms with Crippen LogP contribution in [0.25, 0.3) is 11.0 Å². The van der Waals surface area contributed by atoms with Crippen molar-refractivity contribution in [2.75, 3.05) is 5.75 Å². The smallest absolute Gasteiger partial charge is 0.313 e. The zero-order valence-electron chi connectivity index (χ0n) is 11.2. The predicted molar refractivity (Wildman–Crippen MR) is 76.2 cm³/mol. The van der Waals surface area contributed by atoms with Gasteiger partial charge >= 0.3 is 5.97 Å². The van der Waals surface area contributed by atoms with Gasteiger partial charge in [-0.3, -0.25) is 9.78 Å². The van der Waals surface area contributed by atoms with Crippen LogP contribution in [0.15, 0.2) is 34.2 Å². The monoisotopic (exact) mass is 304 g/mol. The van der Waals surface area contributed by atoms with Gasteiger partial charge in [-0.2, -0.15) is 0 Å². The second-order valence-corrected chi connectivity index (χ2v) is 5.40. The molecule has 3 aromatic rings. The fourth-order valence-corrected chi connectivity index (χ4v) is 2.73. The average Bonchev–Trinajstić information content (AvgIpc) is 3.01. The van der Waals surface area contributed by atoms with Crippen LogP contribution in [0.1, 0.15) is 11.5 Å². The van der Waals surface area contributed by atoms with Crippen LogP contribution in [0.3, 0.4) is 0 Å². The second-order valence-electron chi connectivity index (χ2n) is 4.46. The number of thioether (sulfide) groups is 1. The molecule has 0 aliphatic heterocycles. The standard InChI is InChI=1S/C13H12N4O3S/c1-8-4-9(20-16-8)6-17-11-2-3-14-5-10(11)15-13(17)21-7-12(18)19/h2-5H,6-7H2,1H3,(H,18,19). The number of nitrogens with zero attached hydrogens (tertiary/aromatic N) is 4. The number of rotatable bonds is 5. The van der Waals surface area contributed by atoms with E-state index in [9.17, 15) is 4.79 Å². The highest BCUT2D eigenvalue weighted by Gasteiger charge is 2.14. The number of hydrogen-bond acceptors (Lipinski definition) is 6. The Hall–Kier alpha value is -2.35. The Morgan fingerprint density at radius 3 is 3.10 bits per heavy atom. The molecule has 0 amide bonds. The van der Waals surface area contributed by atoms with Crippen LogP contribution in [0.5, 0.6) is 0 Å². The molecule has 0 fully saturated rings. The molecule has 0 aliphatic carbocycles. The van der Waals surface area contributed by atoms with Gasteiger partial charge < -0.3 is 14.2 Å². The molecule has 3 rings (SSSR count). The Kier molecular flexibility index (Phi) is 3.61. The van der Waals surface area contributed by atoms with Crippen molar-refractivity contribution in [3.05, 3.63) is 36.0 Å². The Labute approximate surface area is 124 Å². The number of aliphatic carboxylic acids is 1. The molecule has 0 aromatic carbocycles. The highest BCUT2D eigenvalue weighted by molar-refractivity contribution is 7.99. The maximum atomic E-state index is 10.8. The first kappa shape index (κ1) is 13.6. The Bertz CT molecular complexity index is 796. The lowest BCUT2D eigenvalue weighted by molar-refractivity contribution is -0.133. The zero-order valence-corrected chi connectivity index (χ0v) is 12.0. The number of carbonyl (C=O) groups is 1. The Morgan fingerprint density at radius 2 is 2.38 bits per heavy atom. The Balaban J connectivity index is 2.00. The number of aromatic nitrogens is 4. The summed E-state index contributed by atoms with van der Waals surface area (Å²) in [6.07, 6.45) is 3.33. The third-order valence-electron chi connectivity index (χ3n) is 2.83. The minimum Gasteiger partial charge on any atom is -0.481 e. The molecule has 0 saturated heterocycles. The summed E-state index contributed by atoms with van der Waals surface area (Å²) in [4.78, 5) is 19.2. The first-order valence-electron chi connectivity index (χ1n) is 6.20. The third kappa shape index (κ3) is 2.89. The number of imidazole rings is 1. The molecule has 0 aliphatic rings. The molecule has 3 heterocycles. The quantitative estimate of drug-likeness (QED) is 0.720. The molecule has 1 N–H and O–H groups in total. The highest BCUT2D eigenvalue weighted by atomic mass is 32.2. The lowest BCUT2D eigenvalue weighted by Crippen LogP contribution is -2.04. The molecule has 0 spiro atoms. The van der Waals surface area contributed by atoms with Gasteiger partial charge in [0.25, 0.3) is 0 Å². The van der Waals surface area contributed by atoms with Crippen LogP contribution >= 0.6 is 11.8 Å². The van der Waals surface area contributed by atoms with Crippen LogP contribution in [-0.2, 0) is 11.3 Å². The first-order valence-corrected chi connectivity index (χ1v) is 7.19. The van der Waals surface area contributed by atoms with Crippen LogP contribution in [0.4, 0.5) is 0 Å². The summed E-state index contributed by atoms with van der Waals surface area (Å²) >= 11 is 1.17. The maximum absolute atomic E-state index is 10.8. The van der Waals surface area contributed by atoms with Gasteiger partial charge in [0.05, 0.1) is 29.7 Å². The van der Waals surface area contributed by atoms with Crippen molar-refractivity contribution in [2.24, 2.45) is 0 Å². The van der Waals surface area contributed by atoms with Gasteiger partial charge in [-0.25, -0.2) is 4.98 Å². The normalized spacial score (nSPS) is 11.1. The summed E-state index contributed by atoms with van der Waals surface area (Å²) in [7, 11) is 0. The highest BCUT2D eigenvalue weighted by Crippen LogP contribution is 2.24. The molecule has 3 aromatic heterocycles. The molecule has 0 unspecified atom stereocenters. The fourth-order valence-electron chi connectivity index (χ4n) is 2.00. The molecule has 0 radical (unpaired) electrons. The van der Waals surface area contributed by atoms with Crippen LogP contribution < -0.4 is 0 Å². The van der Waals surface area contributed by atoms with E-state index in [0.29, 0.717) is 17.5 Å². The molecular formula is C13H12N4O3S. The van der Waals surface area contributed by atoms with E-state index in [-0.39, 0.29) is 5.75 Å². The number of carboxylic acid groups (broad SMARTS) is 1. The van der Waals surface area contributed by atoms with Gasteiger partial charge in [-0.15, -0.1) is 0 Å². The lowest BCUT2D eigenvalue weighted by Gasteiger charge is -2.05. The van der Waals surface area contributed by atoms with Gasteiger partial charge in [0.2, 0.25) is 0 Å². The van der Waals surface area contributed by atoms with Gasteiger partial charge in [0.1, 0.15) is 5.52 Å². The van der Waals surface area contributed by atoms with Crippen molar-refractivity contribution in [2.45, 2.75) is 18.6 Å². The minimum atomic E-state index is -0.882. The summed E-state index contributed by atoms with van der Waals surface area (Å²) < 4.78 is 7.13. The van der Waals surface area contributed by atoms with E-state index >= 15 is 0 Å². The zero-order chi connectivity index (χ0) is 14.8. The molecular weight excluding hydrogens is 292 g/mol. The SMILES string of the molecule is Cc1cc(Cn2c(SCC(=O)O)nc3cnccc32)on1. The van der Waals surface area contributed by atoms with Crippen LogP contribution in [-0.4, -0.2) is 36.5 Å². The second kappa shape index (κ2) is 5.57. The number of hydrogen-bond donors (Lipinski definition) is 1. The number of carboxylic acids is 1. The van der Waals surface area contributed by atoms with E-state index in [2.05, 4.69) is 15.1 Å². The molecule has 0 bridgehead atoms. The van der Waals surface area contributed by atoms with E-state index < -0.39 is 5.97 Å². The topological polar surface area (TPSA) is 94.0 Å². The van der Waals surface area contributed by atoms with E-state index in [1.165, 1.54) is 11.8 Å². The predicted octanol–water partition coefficient (Wildman–Crippen LogP) is 1.95. The number of fused-ring (bicyclic) bond motifs is 1. The van der Waals surface area contributed by atoms with Crippen molar-refractivity contribution in [1.29, 1.82) is 0 Å². The largest absolute Gasteiger partial charge is 0.481 e. The molecule has 7 nitrogen and oxygen atoms in total. The van der Waals surface area contributed by atoms with E-state index in [1.807, 2.05) is 23.6 Å². The molecule has 21 heavy (non-hydrogen) atoms. The molecule has 8 heteroatoms. The van der Waals surface area contributed by atoms with Gasteiger partial charge in [0, 0.05) is 12.3 Å². The summed E-state index contributed by atoms with van der Waals surface area (Å²) in [5, 5.41) is 13.3. The van der Waals surface area contributed by atoms with Crippen molar-refractivity contribution < 1.29 is 14.4 Å². The van der Waals surface area contributed by atoms with E-state index in [1.54, 1.807) is 12.4 Å². The first-order chi connectivity index (χ1) is 10.1. The van der Waals surface area contributed by atoms with Crippen LogP contribution in [0.2, 0.25) is 0 Å². The number of pyridine rings is 1. The fraction of sp³-hybridized carbons (Fsp3) is 0.231. The lowest BCUT2D eigenvalue weighted by atomic mass is 10.3. The molecule has 108 valence electrons. The van der Waals surface area contributed by atoms with Gasteiger partial charge in [-0.05, 0) is 13.0 Å².